The molecule has 7 heteroatoms. The number of benzene rings is 2. The number of methoxy groups -OCH3 is 2. The maximum Gasteiger partial charge on any atom is 0.321 e. The molecular weight excluding hydrogens is 346 g/mol. The topological polar surface area (TPSA) is 79.9 Å². The van der Waals surface area contributed by atoms with E-state index < -0.39 is 18.0 Å². The molecule has 0 spiro atoms. The number of nitrogens with one attached hydrogen (secondary N) is 2. The number of carbonyl (C=O) groups excluding carboxylic acids is 2. The maximum absolute atomic E-state index is 12.8. The minimum absolute atomic E-state index is 0.412. The van der Waals surface area contributed by atoms with E-state index in [9.17, 15) is 9.59 Å². The van der Waals surface area contributed by atoms with Crippen molar-refractivity contribution in [2.45, 2.75) is 12.6 Å². The maximum atomic E-state index is 12.8. The SMILES string of the molecule is CNC(=O)NC(=O)C(c1ccccc1)N(C)Cc1cccc(OC)c1OC. The van der Waals surface area contributed by atoms with Crippen LogP contribution in [0.5, 0.6) is 11.5 Å². The molecule has 0 radical (unpaired) electrons. The highest BCUT2D eigenvalue weighted by molar-refractivity contribution is 5.97. The van der Waals surface area contributed by atoms with Gasteiger partial charge in [0.15, 0.2) is 11.5 Å². The average Bonchev–Trinajstić information content (AvgIpc) is 2.68. The van der Waals surface area contributed by atoms with Gasteiger partial charge >= 0.3 is 6.03 Å². The molecule has 0 saturated carbocycles. The van der Waals surface area contributed by atoms with Gasteiger partial charge in [-0.25, -0.2) is 4.79 Å². The third-order valence-electron chi connectivity index (χ3n) is 4.17. The third kappa shape index (κ3) is 4.98. The molecule has 1 atom stereocenters. The van der Waals surface area contributed by atoms with Gasteiger partial charge < -0.3 is 14.8 Å². The minimum atomic E-state index is -0.653. The van der Waals surface area contributed by atoms with Crippen molar-refractivity contribution in [1.82, 2.24) is 15.5 Å². The van der Waals surface area contributed by atoms with E-state index >= 15 is 0 Å². The van der Waals surface area contributed by atoms with Crippen LogP contribution in [0.4, 0.5) is 4.79 Å². The van der Waals surface area contributed by atoms with Gasteiger partial charge in [-0.1, -0.05) is 42.5 Å². The molecule has 1 unspecified atom stereocenters. The van der Waals surface area contributed by atoms with E-state index in [0.717, 1.165) is 11.1 Å². The zero-order valence-corrected chi connectivity index (χ0v) is 16.0. The Bertz CT molecular complexity index is 780. The molecule has 7 nitrogen and oxygen atoms in total. The summed E-state index contributed by atoms with van der Waals surface area (Å²) < 4.78 is 10.8. The second-order valence-electron chi connectivity index (χ2n) is 5.95. The fraction of sp³-hybridized carbons (Fsp3) is 0.300. The van der Waals surface area contributed by atoms with Gasteiger partial charge in [0.1, 0.15) is 6.04 Å². The number of likely N-dealkylation sites (N-methyl/N-ethyl adjacent to an activating group) is 1. The lowest BCUT2D eigenvalue weighted by molar-refractivity contribution is -0.125. The highest BCUT2D eigenvalue weighted by Gasteiger charge is 2.27. The monoisotopic (exact) mass is 371 g/mol. The molecule has 2 aromatic rings. The van der Waals surface area contributed by atoms with Crippen LogP contribution in [-0.2, 0) is 11.3 Å². The van der Waals surface area contributed by atoms with Gasteiger partial charge in [0.2, 0.25) is 5.91 Å². The summed E-state index contributed by atoms with van der Waals surface area (Å²) in [5.41, 5.74) is 1.65. The molecule has 2 rings (SSSR count). The van der Waals surface area contributed by atoms with Crippen LogP contribution in [0, 0.1) is 0 Å². The first-order valence-electron chi connectivity index (χ1n) is 8.49. The number of carbonyl (C=O) groups is 2. The zero-order chi connectivity index (χ0) is 19.8. The summed E-state index contributed by atoms with van der Waals surface area (Å²) in [6, 6.07) is 13.7. The predicted molar refractivity (Wildman–Crippen MR) is 103 cm³/mol. The van der Waals surface area contributed by atoms with Gasteiger partial charge in [0.25, 0.3) is 0 Å². The van der Waals surface area contributed by atoms with E-state index in [1.54, 1.807) is 14.2 Å². The van der Waals surface area contributed by atoms with Crippen molar-refractivity contribution >= 4 is 11.9 Å². The van der Waals surface area contributed by atoms with Crippen molar-refractivity contribution in [3.05, 3.63) is 59.7 Å². The molecule has 0 aliphatic heterocycles. The minimum Gasteiger partial charge on any atom is -0.493 e. The summed E-state index contributed by atoms with van der Waals surface area (Å²) in [6.07, 6.45) is 0. The number of nitrogens with zero attached hydrogens (tertiary/aromatic N) is 1. The Labute approximate surface area is 159 Å². The first kappa shape index (κ1) is 20.3. The molecule has 27 heavy (non-hydrogen) atoms. The van der Waals surface area contributed by atoms with Gasteiger partial charge in [-0.3, -0.25) is 15.0 Å². The number of amides is 3. The summed E-state index contributed by atoms with van der Waals surface area (Å²) in [5, 5.41) is 4.76. The van der Waals surface area contributed by atoms with Crippen molar-refractivity contribution in [2.75, 3.05) is 28.3 Å². The predicted octanol–water partition coefficient (Wildman–Crippen LogP) is 2.33. The first-order valence-corrected chi connectivity index (χ1v) is 8.49. The van der Waals surface area contributed by atoms with Crippen molar-refractivity contribution in [2.24, 2.45) is 0 Å². The molecule has 2 N–H and O–H groups in total. The molecule has 0 saturated heterocycles. The van der Waals surface area contributed by atoms with Crippen molar-refractivity contribution in [1.29, 1.82) is 0 Å². The summed E-state index contributed by atoms with van der Waals surface area (Å²) in [5.74, 6) is 0.824. The van der Waals surface area contributed by atoms with Gasteiger partial charge in [0.05, 0.1) is 14.2 Å². The Morgan fingerprint density at radius 3 is 2.33 bits per heavy atom. The summed E-state index contributed by atoms with van der Waals surface area (Å²) in [4.78, 5) is 26.2. The Morgan fingerprint density at radius 1 is 1.04 bits per heavy atom. The number of urea groups is 1. The molecule has 0 fully saturated rings. The Hall–Kier alpha value is -3.06. The summed E-state index contributed by atoms with van der Waals surface area (Å²) in [7, 11) is 6.44. The van der Waals surface area contributed by atoms with E-state index in [4.69, 9.17) is 9.47 Å². The number of hydrogen-bond donors (Lipinski definition) is 2. The lowest BCUT2D eigenvalue weighted by atomic mass is 10.0. The van der Waals surface area contributed by atoms with Crippen LogP contribution in [0.1, 0.15) is 17.2 Å². The van der Waals surface area contributed by atoms with Gasteiger partial charge in [0, 0.05) is 19.2 Å². The lowest BCUT2D eigenvalue weighted by Gasteiger charge is -2.28. The number of rotatable bonds is 7. The second-order valence-corrected chi connectivity index (χ2v) is 5.95. The van der Waals surface area contributed by atoms with Crippen LogP contribution in [0.3, 0.4) is 0 Å². The fourth-order valence-electron chi connectivity index (χ4n) is 2.92. The number of ether oxygens (including phenoxy) is 2. The third-order valence-corrected chi connectivity index (χ3v) is 4.17. The highest BCUT2D eigenvalue weighted by atomic mass is 16.5. The molecule has 3 amide bonds. The number of imide groups is 1. The van der Waals surface area contributed by atoms with Crippen molar-refractivity contribution in [3.8, 4) is 11.5 Å². The average molecular weight is 371 g/mol. The fourth-order valence-corrected chi connectivity index (χ4v) is 2.92. The lowest BCUT2D eigenvalue weighted by Crippen LogP contribution is -2.44. The molecule has 0 bridgehead atoms. The van der Waals surface area contributed by atoms with E-state index in [-0.39, 0.29) is 0 Å². The number of hydrogen-bond acceptors (Lipinski definition) is 5. The zero-order valence-electron chi connectivity index (χ0n) is 16.0. The van der Waals surface area contributed by atoms with Crippen LogP contribution in [0.2, 0.25) is 0 Å². The van der Waals surface area contributed by atoms with Gasteiger partial charge in [-0.2, -0.15) is 0 Å². The molecule has 0 aromatic heterocycles. The van der Waals surface area contributed by atoms with Crippen molar-refractivity contribution < 1.29 is 19.1 Å². The van der Waals surface area contributed by atoms with Gasteiger partial charge in [-0.05, 0) is 18.7 Å². The molecule has 0 heterocycles. The Balaban J connectivity index is 2.33. The molecular formula is C20H25N3O4. The van der Waals surface area contributed by atoms with Crippen LogP contribution in [0.25, 0.3) is 0 Å². The summed E-state index contributed by atoms with van der Waals surface area (Å²) >= 11 is 0. The second kappa shape index (κ2) is 9.59. The van der Waals surface area contributed by atoms with Crippen LogP contribution in [-0.4, -0.2) is 45.2 Å². The van der Waals surface area contributed by atoms with E-state index in [0.29, 0.717) is 18.0 Å². The number of para-hydroxylation sites is 1. The molecule has 0 aliphatic rings. The van der Waals surface area contributed by atoms with Crippen molar-refractivity contribution in [3.63, 3.8) is 0 Å². The van der Waals surface area contributed by atoms with E-state index in [1.807, 2.05) is 60.5 Å². The van der Waals surface area contributed by atoms with Crippen LogP contribution in [0.15, 0.2) is 48.5 Å². The molecule has 144 valence electrons. The standard InChI is InChI=1S/C20H25N3O4/c1-21-20(25)22-19(24)17(14-9-6-5-7-10-14)23(2)13-15-11-8-12-16(26-3)18(15)27-4/h5-12,17H,13H2,1-4H3,(H2,21,22,24,25). The smallest absolute Gasteiger partial charge is 0.321 e. The van der Waals surface area contributed by atoms with Gasteiger partial charge in [-0.15, -0.1) is 0 Å². The van der Waals surface area contributed by atoms with Crippen LogP contribution < -0.4 is 20.1 Å². The Morgan fingerprint density at radius 2 is 1.74 bits per heavy atom. The highest BCUT2D eigenvalue weighted by Crippen LogP contribution is 2.33. The normalized spacial score (nSPS) is 11.6. The van der Waals surface area contributed by atoms with Crippen LogP contribution >= 0.6 is 0 Å². The Kier molecular flexibility index (Phi) is 7.19. The summed E-state index contributed by atoms with van der Waals surface area (Å²) in [6.45, 7) is 0.418. The van der Waals surface area contributed by atoms with E-state index in [1.165, 1.54) is 7.05 Å². The van der Waals surface area contributed by atoms with E-state index in [2.05, 4.69) is 10.6 Å². The first-order chi connectivity index (χ1) is 13.0. The quantitative estimate of drug-likeness (QED) is 0.781. The largest absolute Gasteiger partial charge is 0.493 e. The molecule has 2 aromatic carbocycles. The molecule has 0 aliphatic carbocycles.